The van der Waals surface area contributed by atoms with Crippen molar-refractivity contribution in [3.05, 3.63) is 39.9 Å². The first-order valence-electron chi connectivity index (χ1n) is 5.98. The Morgan fingerprint density at radius 2 is 1.95 bits per heavy atom. The highest BCUT2D eigenvalue weighted by Gasteiger charge is 2.17. The zero-order chi connectivity index (χ0) is 14.4. The summed E-state index contributed by atoms with van der Waals surface area (Å²) in [4.78, 5) is 21.3. The molecule has 0 fully saturated rings. The van der Waals surface area contributed by atoms with Gasteiger partial charge in [0.05, 0.1) is 11.0 Å². The number of hydrogen-bond donors (Lipinski definition) is 0. The van der Waals surface area contributed by atoms with Crippen molar-refractivity contribution >= 4 is 27.6 Å². The Hall–Kier alpha value is -1.43. The maximum atomic E-state index is 11.6. The van der Waals surface area contributed by atoms with Crippen molar-refractivity contribution in [2.45, 2.75) is 37.6 Å². The fourth-order valence-corrected chi connectivity index (χ4v) is 1.84. The van der Waals surface area contributed by atoms with Crippen LogP contribution in [0.15, 0.2) is 24.3 Å². The van der Waals surface area contributed by atoms with Gasteiger partial charge in [0.2, 0.25) is 0 Å². The van der Waals surface area contributed by atoms with Gasteiger partial charge in [-0.2, -0.15) is 0 Å². The summed E-state index contributed by atoms with van der Waals surface area (Å²) in [7, 11) is 0. The van der Waals surface area contributed by atoms with Crippen molar-refractivity contribution in [1.82, 2.24) is 0 Å². The van der Waals surface area contributed by atoms with E-state index in [1.807, 2.05) is 0 Å². The fraction of sp³-hybridized carbons (Fsp3) is 0.462. The third kappa shape index (κ3) is 5.38. The zero-order valence-corrected chi connectivity index (χ0v) is 12.4. The summed E-state index contributed by atoms with van der Waals surface area (Å²) >= 11 is 3.28. The van der Waals surface area contributed by atoms with Crippen LogP contribution < -0.4 is 0 Å². The van der Waals surface area contributed by atoms with Gasteiger partial charge in [0, 0.05) is 12.1 Å². The number of halogens is 1. The first-order valence-corrected chi connectivity index (χ1v) is 6.89. The summed E-state index contributed by atoms with van der Waals surface area (Å²) in [6.45, 7) is 3.60. The lowest BCUT2D eigenvalue weighted by molar-refractivity contribution is -0.384. The van der Waals surface area contributed by atoms with Gasteiger partial charge in [0.25, 0.3) is 5.69 Å². The molecular weight excluding hydrogens is 314 g/mol. The first-order chi connectivity index (χ1) is 8.90. The van der Waals surface area contributed by atoms with Crippen molar-refractivity contribution in [2.24, 2.45) is 0 Å². The summed E-state index contributed by atoms with van der Waals surface area (Å²) in [5.74, 6) is -0.281. The smallest absolute Gasteiger partial charge is 0.319 e. The van der Waals surface area contributed by atoms with Crippen LogP contribution in [0, 0.1) is 10.1 Å². The number of nitro groups is 1. The minimum Gasteiger partial charge on any atom is -0.462 e. The molecule has 0 amide bonds. The lowest BCUT2D eigenvalue weighted by Gasteiger charge is -2.12. The van der Waals surface area contributed by atoms with Crippen LogP contribution in [-0.2, 0) is 16.0 Å². The van der Waals surface area contributed by atoms with Gasteiger partial charge in [-0.25, -0.2) is 0 Å². The zero-order valence-electron chi connectivity index (χ0n) is 10.8. The molecule has 0 radical (unpaired) electrons. The maximum absolute atomic E-state index is 11.6. The average molecular weight is 330 g/mol. The molecule has 1 aromatic rings. The summed E-state index contributed by atoms with van der Waals surface area (Å²) in [6.07, 6.45) is 1.11. The lowest BCUT2D eigenvalue weighted by atomic mass is 10.1. The van der Waals surface area contributed by atoms with Crippen LogP contribution in [0.25, 0.3) is 0 Å². The quantitative estimate of drug-likeness (QED) is 0.347. The van der Waals surface area contributed by atoms with Gasteiger partial charge >= 0.3 is 5.97 Å². The Morgan fingerprint density at radius 1 is 1.37 bits per heavy atom. The number of nitro benzene ring substituents is 1. The monoisotopic (exact) mass is 329 g/mol. The van der Waals surface area contributed by atoms with Crippen molar-refractivity contribution in [3.63, 3.8) is 0 Å². The third-order valence-corrected chi connectivity index (χ3v) is 3.27. The summed E-state index contributed by atoms with van der Waals surface area (Å²) < 4.78 is 5.08. The summed E-state index contributed by atoms with van der Waals surface area (Å²) in [6, 6.07) is 6.33. The van der Waals surface area contributed by atoms with Crippen molar-refractivity contribution in [1.29, 1.82) is 0 Å². The Kier molecular flexibility index (Phi) is 5.95. The van der Waals surface area contributed by atoms with E-state index in [1.54, 1.807) is 26.0 Å². The SMILES string of the molecule is CC(C)OC(=O)C(Br)CCc1ccc([N+](=O)[O-])cc1. The molecule has 0 aromatic heterocycles. The van der Waals surface area contributed by atoms with Crippen molar-refractivity contribution in [3.8, 4) is 0 Å². The normalized spacial score (nSPS) is 12.2. The van der Waals surface area contributed by atoms with Gasteiger partial charge in [-0.1, -0.05) is 28.1 Å². The standard InChI is InChI=1S/C13H16BrNO4/c1-9(2)19-13(16)12(14)8-5-10-3-6-11(7-4-10)15(17)18/h3-4,6-7,9,12H,5,8H2,1-2H3. The number of carbonyl (C=O) groups is 1. The highest BCUT2D eigenvalue weighted by atomic mass is 79.9. The average Bonchev–Trinajstić information content (AvgIpc) is 2.35. The van der Waals surface area contributed by atoms with Gasteiger partial charge < -0.3 is 4.74 Å². The van der Waals surface area contributed by atoms with Gasteiger partial charge in [-0.15, -0.1) is 0 Å². The molecule has 1 atom stereocenters. The highest BCUT2D eigenvalue weighted by Crippen LogP contribution is 2.16. The molecule has 0 saturated heterocycles. The van der Waals surface area contributed by atoms with E-state index in [2.05, 4.69) is 15.9 Å². The minimum absolute atomic E-state index is 0.0679. The molecule has 5 nitrogen and oxygen atoms in total. The number of esters is 1. The molecule has 1 aromatic carbocycles. The van der Waals surface area contributed by atoms with Crippen LogP contribution in [0.4, 0.5) is 5.69 Å². The van der Waals surface area contributed by atoms with E-state index in [-0.39, 0.29) is 22.6 Å². The van der Waals surface area contributed by atoms with Crippen LogP contribution in [0.3, 0.4) is 0 Å². The van der Waals surface area contributed by atoms with Crippen molar-refractivity contribution in [2.75, 3.05) is 0 Å². The van der Waals surface area contributed by atoms with E-state index in [0.717, 1.165) is 5.56 Å². The van der Waals surface area contributed by atoms with Crippen LogP contribution in [0.2, 0.25) is 0 Å². The Morgan fingerprint density at radius 3 is 2.42 bits per heavy atom. The Labute approximate surface area is 120 Å². The first kappa shape index (κ1) is 15.6. The number of hydrogen-bond acceptors (Lipinski definition) is 4. The molecule has 0 aliphatic rings. The number of ether oxygens (including phenoxy) is 1. The number of rotatable bonds is 6. The summed E-state index contributed by atoms with van der Waals surface area (Å²) in [5.41, 5.74) is 1.02. The number of nitrogens with zero attached hydrogens (tertiary/aromatic N) is 1. The van der Waals surface area contributed by atoms with Crippen LogP contribution in [0.5, 0.6) is 0 Å². The van der Waals surface area contributed by atoms with Crippen LogP contribution in [-0.4, -0.2) is 21.8 Å². The Balaban J connectivity index is 2.48. The predicted molar refractivity (Wildman–Crippen MR) is 75.4 cm³/mol. The highest BCUT2D eigenvalue weighted by molar-refractivity contribution is 9.10. The molecule has 0 aliphatic carbocycles. The second kappa shape index (κ2) is 7.23. The maximum Gasteiger partial charge on any atom is 0.319 e. The molecule has 0 aliphatic heterocycles. The van der Waals surface area contributed by atoms with Crippen molar-refractivity contribution < 1.29 is 14.5 Å². The van der Waals surface area contributed by atoms with E-state index in [4.69, 9.17) is 4.74 Å². The Bertz CT molecular complexity index is 444. The number of carbonyl (C=O) groups excluding carboxylic acids is 1. The van der Waals surface area contributed by atoms with E-state index >= 15 is 0 Å². The molecule has 0 saturated carbocycles. The molecule has 0 bridgehead atoms. The number of alkyl halides is 1. The number of non-ortho nitro benzene ring substituents is 1. The predicted octanol–water partition coefficient (Wildman–Crippen LogP) is 3.24. The van der Waals surface area contributed by atoms with E-state index < -0.39 is 4.92 Å². The summed E-state index contributed by atoms with van der Waals surface area (Å²) in [5, 5.41) is 10.5. The van der Waals surface area contributed by atoms with Gasteiger partial charge in [-0.05, 0) is 32.3 Å². The second-order valence-electron chi connectivity index (χ2n) is 4.42. The molecule has 0 heterocycles. The minimum atomic E-state index is -0.433. The van der Waals surface area contributed by atoms with E-state index in [9.17, 15) is 14.9 Å². The van der Waals surface area contributed by atoms with Gasteiger partial charge in [0.15, 0.2) is 0 Å². The topological polar surface area (TPSA) is 69.4 Å². The number of aryl methyl sites for hydroxylation is 1. The molecule has 0 spiro atoms. The molecule has 19 heavy (non-hydrogen) atoms. The molecular formula is C13H16BrNO4. The van der Waals surface area contributed by atoms with Crippen LogP contribution >= 0.6 is 15.9 Å². The third-order valence-electron chi connectivity index (χ3n) is 2.44. The van der Waals surface area contributed by atoms with E-state index in [0.29, 0.717) is 12.8 Å². The van der Waals surface area contributed by atoms with Crippen LogP contribution in [0.1, 0.15) is 25.8 Å². The number of benzene rings is 1. The lowest BCUT2D eigenvalue weighted by Crippen LogP contribution is -2.21. The molecule has 1 unspecified atom stereocenters. The van der Waals surface area contributed by atoms with E-state index in [1.165, 1.54) is 12.1 Å². The largest absolute Gasteiger partial charge is 0.462 e. The van der Waals surface area contributed by atoms with Gasteiger partial charge in [0.1, 0.15) is 4.83 Å². The molecule has 6 heteroatoms. The molecule has 0 N–H and O–H groups in total. The second-order valence-corrected chi connectivity index (χ2v) is 5.52. The fourth-order valence-electron chi connectivity index (χ4n) is 1.50. The molecule has 104 valence electrons. The molecule has 1 rings (SSSR count). The van der Waals surface area contributed by atoms with Gasteiger partial charge in [-0.3, -0.25) is 14.9 Å².